The summed E-state index contributed by atoms with van der Waals surface area (Å²) in [6, 6.07) is 0. The number of Topliss-reactive ketones (excluding diaryl/α,β-unsaturated/α-hetero) is 1. The van der Waals surface area contributed by atoms with E-state index in [9.17, 15) is 4.79 Å². The van der Waals surface area contributed by atoms with Gasteiger partial charge in [0.1, 0.15) is 6.10 Å². The van der Waals surface area contributed by atoms with Crippen LogP contribution in [-0.2, 0) is 18.4 Å². The summed E-state index contributed by atoms with van der Waals surface area (Å²) in [7, 11) is 6.57. The fraction of sp³-hybridized carbons (Fsp3) is 0.700. The van der Waals surface area contributed by atoms with Gasteiger partial charge in [-0.15, -0.1) is 0 Å². The normalized spacial score (nSPS) is 38.9. The fourth-order valence-corrected chi connectivity index (χ4v) is 3.37. The molecule has 17 heavy (non-hydrogen) atoms. The van der Waals surface area contributed by atoms with E-state index < -0.39 is 11.7 Å². The van der Waals surface area contributed by atoms with Gasteiger partial charge >= 0.3 is 0 Å². The van der Waals surface area contributed by atoms with Crippen LogP contribution in [0.5, 0.6) is 0 Å². The highest BCUT2D eigenvalue weighted by Gasteiger charge is 2.54. The molecule has 0 amide bonds. The minimum absolute atomic E-state index is 0.00356. The van der Waals surface area contributed by atoms with Crippen molar-refractivity contribution >= 4 is 34.2 Å². The molecule has 0 saturated heterocycles. The SMILES string of the molecule is C/C=C\[C@]1(OP)C(=O)CC(C)[C@H](OP)[C@H]1OP. The van der Waals surface area contributed by atoms with Crippen molar-refractivity contribution in [3.05, 3.63) is 12.2 Å². The minimum atomic E-state index is -1.09. The Labute approximate surface area is 109 Å². The quantitative estimate of drug-likeness (QED) is 0.588. The Balaban J connectivity index is 3.18. The highest BCUT2D eigenvalue weighted by molar-refractivity contribution is 7.10. The molecule has 0 aromatic heterocycles. The van der Waals surface area contributed by atoms with Crippen molar-refractivity contribution in [2.45, 2.75) is 38.1 Å². The van der Waals surface area contributed by atoms with Gasteiger partial charge in [-0.3, -0.25) is 4.79 Å². The molecule has 0 N–H and O–H groups in total. The van der Waals surface area contributed by atoms with Crippen LogP contribution in [0.2, 0.25) is 0 Å². The predicted molar refractivity (Wildman–Crippen MR) is 76.3 cm³/mol. The van der Waals surface area contributed by atoms with Gasteiger partial charge in [0.05, 0.1) is 6.10 Å². The van der Waals surface area contributed by atoms with E-state index in [1.54, 1.807) is 12.2 Å². The molecule has 0 heterocycles. The molecule has 1 aliphatic carbocycles. The first-order chi connectivity index (χ1) is 8.07. The standard InChI is InChI=1S/C10H19O4P3/c1-3-4-10(14-17)7(11)5-6(2)8(12-15)9(10)13-16/h3-4,6,8-9H,5,15-17H2,1-2H3/b4-3-/t6?,8-,9+,10-/m0/s1. The van der Waals surface area contributed by atoms with Crippen LogP contribution >= 0.6 is 28.4 Å². The molecule has 4 unspecified atom stereocenters. The lowest BCUT2D eigenvalue weighted by atomic mass is 9.74. The summed E-state index contributed by atoms with van der Waals surface area (Å²) in [5, 5.41) is 0. The van der Waals surface area contributed by atoms with Crippen LogP contribution in [0.3, 0.4) is 0 Å². The van der Waals surface area contributed by atoms with Gasteiger partial charge in [0.15, 0.2) is 11.4 Å². The van der Waals surface area contributed by atoms with Gasteiger partial charge in [0.2, 0.25) is 0 Å². The zero-order chi connectivity index (χ0) is 13.1. The number of rotatable bonds is 4. The maximum absolute atomic E-state index is 12.2. The Kier molecular flexibility index (Phi) is 6.13. The minimum Gasteiger partial charge on any atom is -0.359 e. The van der Waals surface area contributed by atoms with Gasteiger partial charge < -0.3 is 13.6 Å². The molecule has 0 radical (unpaired) electrons. The molecule has 0 aliphatic heterocycles. The molecule has 7 heteroatoms. The third-order valence-corrected chi connectivity index (χ3v) is 4.14. The number of carbonyl (C=O) groups is 1. The summed E-state index contributed by atoms with van der Waals surface area (Å²) in [4.78, 5) is 12.2. The molecule has 0 aromatic rings. The van der Waals surface area contributed by atoms with Crippen molar-refractivity contribution in [1.82, 2.24) is 0 Å². The summed E-state index contributed by atoms with van der Waals surface area (Å²) < 4.78 is 16.1. The second-order valence-corrected chi connectivity index (χ2v) is 4.95. The van der Waals surface area contributed by atoms with Crippen LogP contribution in [0, 0.1) is 5.92 Å². The van der Waals surface area contributed by atoms with E-state index >= 15 is 0 Å². The molecule has 4 nitrogen and oxygen atoms in total. The molecule has 0 aromatic carbocycles. The number of ketones is 1. The summed E-state index contributed by atoms with van der Waals surface area (Å²) in [5.74, 6) is 0.0907. The molecule has 1 saturated carbocycles. The maximum Gasteiger partial charge on any atom is 0.176 e. The van der Waals surface area contributed by atoms with Crippen LogP contribution in [0.15, 0.2) is 12.2 Å². The fourth-order valence-electron chi connectivity index (χ4n) is 2.26. The number of carbonyl (C=O) groups excluding carboxylic acids is 1. The Bertz CT molecular complexity index is 310. The van der Waals surface area contributed by atoms with Crippen molar-refractivity contribution in [1.29, 1.82) is 0 Å². The van der Waals surface area contributed by atoms with E-state index in [1.165, 1.54) is 0 Å². The Hall–Kier alpha value is 0.580. The van der Waals surface area contributed by atoms with Gasteiger partial charge in [-0.05, 0) is 18.9 Å². The average Bonchev–Trinajstić information content (AvgIpc) is 2.32. The lowest BCUT2D eigenvalue weighted by Crippen LogP contribution is -2.60. The first-order valence-electron chi connectivity index (χ1n) is 5.33. The molecule has 98 valence electrons. The number of allylic oxidation sites excluding steroid dienone is 1. The molecule has 0 bridgehead atoms. The van der Waals surface area contributed by atoms with Gasteiger partial charge in [0, 0.05) is 34.8 Å². The largest absolute Gasteiger partial charge is 0.359 e. The van der Waals surface area contributed by atoms with Gasteiger partial charge in [0.25, 0.3) is 0 Å². The number of hydrogen-bond acceptors (Lipinski definition) is 4. The van der Waals surface area contributed by atoms with Crippen LogP contribution in [0.1, 0.15) is 20.3 Å². The summed E-state index contributed by atoms with van der Waals surface area (Å²) >= 11 is 0. The smallest absolute Gasteiger partial charge is 0.176 e. The maximum atomic E-state index is 12.2. The Morgan fingerprint density at radius 1 is 1.35 bits per heavy atom. The van der Waals surface area contributed by atoms with Crippen molar-refractivity contribution in [2.24, 2.45) is 5.92 Å². The summed E-state index contributed by atoms with van der Waals surface area (Å²) in [6.45, 7) is 3.80. The Morgan fingerprint density at radius 2 is 2.00 bits per heavy atom. The van der Waals surface area contributed by atoms with Crippen LogP contribution < -0.4 is 0 Å². The van der Waals surface area contributed by atoms with Crippen molar-refractivity contribution < 1.29 is 18.4 Å². The van der Waals surface area contributed by atoms with Crippen LogP contribution in [-0.4, -0.2) is 23.6 Å². The first-order valence-corrected chi connectivity index (χ1v) is 6.74. The van der Waals surface area contributed by atoms with E-state index in [0.29, 0.717) is 6.42 Å². The number of hydrogen-bond donors (Lipinski definition) is 0. The second-order valence-electron chi connectivity index (χ2n) is 4.17. The van der Waals surface area contributed by atoms with Crippen LogP contribution in [0.4, 0.5) is 0 Å². The molecule has 7 atom stereocenters. The lowest BCUT2D eigenvalue weighted by molar-refractivity contribution is -0.152. The average molecular weight is 296 g/mol. The summed E-state index contributed by atoms with van der Waals surface area (Å²) in [5.41, 5.74) is -1.09. The van der Waals surface area contributed by atoms with E-state index in [0.717, 1.165) is 0 Å². The monoisotopic (exact) mass is 296 g/mol. The zero-order valence-corrected chi connectivity index (χ0v) is 13.4. The van der Waals surface area contributed by atoms with E-state index in [2.05, 4.69) is 28.4 Å². The third kappa shape index (κ3) is 2.78. The van der Waals surface area contributed by atoms with Gasteiger partial charge in [-0.2, -0.15) is 0 Å². The first kappa shape index (κ1) is 15.6. The highest BCUT2D eigenvalue weighted by Crippen LogP contribution is 2.40. The van der Waals surface area contributed by atoms with Crippen LogP contribution in [0.25, 0.3) is 0 Å². The van der Waals surface area contributed by atoms with Crippen molar-refractivity contribution in [3.63, 3.8) is 0 Å². The van der Waals surface area contributed by atoms with Gasteiger partial charge in [-0.1, -0.05) is 13.0 Å². The van der Waals surface area contributed by atoms with Crippen molar-refractivity contribution in [2.75, 3.05) is 0 Å². The van der Waals surface area contributed by atoms with E-state index in [4.69, 9.17) is 13.6 Å². The molecule has 1 aliphatic rings. The Morgan fingerprint density at radius 3 is 2.41 bits per heavy atom. The van der Waals surface area contributed by atoms with E-state index in [1.807, 2.05) is 13.8 Å². The molecular weight excluding hydrogens is 277 g/mol. The van der Waals surface area contributed by atoms with Crippen molar-refractivity contribution in [3.8, 4) is 0 Å². The molecule has 1 fully saturated rings. The zero-order valence-electron chi connectivity index (χ0n) is 9.96. The lowest BCUT2D eigenvalue weighted by Gasteiger charge is -2.44. The molecular formula is C10H19O4P3. The highest BCUT2D eigenvalue weighted by atomic mass is 31.0. The topological polar surface area (TPSA) is 44.8 Å². The summed E-state index contributed by atoms with van der Waals surface area (Å²) in [6.07, 6.45) is 3.21. The predicted octanol–water partition coefficient (Wildman–Crippen LogP) is 2.07. The molecule has 0 spiro atoms. The van der Waals surface area contributed by atoms with Gasteiger partial charge in [-0.25, -0.2) is 0 Å². The van der Waals surface area contributed by atoms with E-state index in [-0.39, 0.29) is 17.8 Å². The third-order valence-electron chi connectivity index (χ3n) is 3.14. The second kappa shape index (κ2) is 6.66. The molecule has 1 rings (SSSR count).